The molecule has 2 rings (SSSR count). The fourth-order valence-corrected chi connectivity index (χ4v) is 4.37. The number of nitrogens with zero attached hydrogens (tertiary/aromatic N) is 3. The molecule has 1 aliphatic rings. The normalized spacial score (nSPS) is 17.4. The smallest absolute Gasteiger partial charge is 0.289 e. The van der Waals surface area contributed by atoms with Crippen LogP contribution < -0.4 is 0 Å². The van der Waals surface area contributed by atoms with E-state index >= 15 is 0 Å². The van der Waals surface area contributed by atoms with Crippen LogP contribution in [0.4, 0.5) is 5.69 Å². The van der Waals surface area contributed by atoms with Crippen molar-refractivity contribution in [2.24, 2.45) is 10.9 Å². The third kappa shape index (κ3) is 4.53. The number of aliphatic hydroxyl groups is 1. The van der Waals surface area contributed by atoms with Crippen molar-refractivity contribution in [2.75, 3.05) is 19.8 Å². The Hall–Kier alpha value is -2.40. The summed E-state index contributed by atoms with van der Waals surface area (Å²) in [5.74, 6) is -0.0104. The van der Waals surface area contributed by atoms with Gasteiger partial charge in [0.2, 0.25) is 0 Å². The number of benzene rings is 1. The lowest BCUT2D eigenvalue weighted by Crippen LogP contribution is -2.43. The molecule has 10 heteroatoms. The summed E-state index contributed by atoms with van der Waals surface area (Å²) in [6, 6.07) is 4.26. The molecular formula is C18H23N3O6S. The van der Waals surface area contributed by atoms with Gasteiger partial charge in [-0.05, 0) is 17.6 Å². The Morgan fingerprint density at radius 2 is 2.14 bits per heavy atom. The van der Waals surface area contributed by atoms with Crippen LogP contribution in [-0.2, 0) is 14.9 Å². The minimum absolute atomic E-state index is 0.0104. The van der Waals surface area contributed by atoms with Crippen molar-refractivity contribution in [3.8, 4) is 0 Å². The van der Waals surface area contributed by atoms with Crippen LogP contribution in [0.15, 0.2) is 58.5 Å². The molecule has 0 aliphatic carbocycles. The summed E-state index contributed by atoms with van der Waals surface area (Å²) in [6.07, 6.45) is 3.04. The summed E-state index contributed by atoms with van der Waals surface area (Å²) in [4.78, 5) is 19.8. The van der Waals surface area contributed by atoms with Crippen molar-refractivity contribution in [2.45, 2.75) is 24.8 Å². The Morgan fingerprint density at radius 3 is 2.71 bits per heavy atom. The van der Waals surface area contributed by atoms with Gasteiger partial charge in [0.25, 0.3) is 15.7 Å². The molecule has 1 heterocycles. The van der Waals surface area contributed by atoms with Gasteiger partial charge in [0, 0.05) is 6.07 Å². The van der Waals surface area contributed by atoms with E-state index in [2.05, 4.69) is 11.6 Å². The predicted molar refractivity (Wildman–Crippen MR) is 104 cm³/mol. The van der Waals surface area contributed by atoms with Crippen LogP contribution in [0.5, 0.6) is 0 Å². The Bertz CT molecular complexity index is 908. The van der Waals surface area contributed by atoms with Crippen LogP contribution in [0.3, 0.4) is 0 Å². The molecule has 0 bridgehead atoms. The second kappa shape index (κ2) is 9.20. The average molecular weight is 409 g/mol. The number of nitro benzene ring substituents is 1. The first kappa shape index (κ1) is 21.9. The van der Waals surface area contributed by atoms with Crippen LogP contribution in [0.25, 0.3) is 0 Å². The molecule has 0 radical (unpaired) electrons. The molecule has 1 N–H and O–H groups in total. The van der Waals surface area contributed by atoms with E-state index in [0.717, 1.165) is 16.6 Å². The highest BCUT2D eigenvalue weighted by molar-refractivity contribution is 7.89. The molecule has 1 atom stereocenters. The summed E-state index contributed by atoms with van der Waals surface area (Å²) in [5, 5.41) is 20.8. The molecule has 28 heavy (non-hydrogen) atoms. The van der Waals surface area contributed by atoms with Gasteiger partial charge in [0.15, 0.2) is 4.90 Å². The Labute approximate surface area is 163 Å². The maximum atomic E-state index is 13.2. The third-order valence-electron chi connectivity index (χ3n) is 4.11. The molecule has 0 amide bonds. The molecule has 152 valence electrons. The largest absolute Gasteiger partial charge is 0.390 e. The van der Waals surface area contributed by atoms with Crippen LogP contribution in [0, 0.1) is 16.0 Å². The molecule has 1 aromatic carbocycles. The molecule has 0 fully saturated rings. The highest BCUT2D eigenvalue weighted by Gasteiger charge is 2.37. The zero-order valence-corrected chi connectivity index (χ0v) is 16.5. The third-order valence-corrected chi connectivity index (χ3v) is 5.86. The number of hydrogen-bond acceptors (Lipinski definition) is 7. The van der Waals surface area contributed by atoms with Crippen LogP contribution in [0.1, 0.15) is 13.8 Å². The van der Waals surface area contributed by atoms with Crippen LogP contribution >= 0.6 is 0 Å². The van der Waals surface area contributed by atoms with Gasteiger partial charge in [-0.2, -0.15) is 0 Å². The fourth-order valence-electron chi connectivity index (χ4n) is 2.84. The lowest BCUT2D eigenvalue weighted by molar-refractivity contribution is -0.387. The monoisotopic (exact) mass is 409 g/mol. The molecule has 1 unspecified atom stereocenters. The molecule has 9 nitrogen and oxygen atoms in total. The van der Waals surface area contributed by atoms with Gasteiger partial charge in [0.05, 0.1) is 36.4 Å². The van der Waals surface area contributed by atoms with E-state index in [-0.39, 0.29) is 25.7 Å². The van der Waals surface area contributed by atoms with Crippen molar-refractivity contribution in [3.63, 3.8) is 0 Å². The summed E-state index contributed by atoms with van der Waals surface area (Å²) in [6.45, 7) is 6.94. The van der Waals surface area contributed by atoms with Crippen molar-refractivity contribution >= 4 is 21.4 Å². The molecule has 0 saturated heterocycles. The van der Waals surface area contributed by atoms with Gasteiger partial charge >= 0.3 is 0 Å². The average Bonchev–Trinajstić information content (AvgIpc) is 2.67. The summed E-state index contributed by atoms with van der Waals surface area (Å²) in [7, 11) is -4.38. The minimum atomic E-state index is -4.38. The molecule has 1 aromatic rings. The molecule has 0 spiro atoms. The van der Waals surface area contributed by atoms with E-state index in [1.165, 1.54) is 18.2 Å². The van der Waals surface area contributed by atoms with Gasteiger partial charge in [-0.25, -0.2) is 8.42 Å². The summed E-state index contributed by atoms with van der Waals surface area (Å²) in [5.41, 5.74) is 0.639. The molecular weight excluding hydrogens is 386 g/mol. The van der Waals surface area contributed by atoms with Gasteiger partial charge in [-0.15, -0.1) is 6.58 Å². The SMILES string of the molecule is C=CCON(C1C=C(C(C)C)C(CO)=NC1)S(=O)(=O)c1ccccc1[N+](=O)[O-]. The number of hydrogen-bond donors (Lipinski definition) is 1. The first-order valence-electron chi connectivity index (χ1n) is 8.62. The van der Waals surface area contributed by atoms with Gasteiger partial charge < -0.3 is 5.11 Å². The number of nitro groups is 1. The minimum Gasteiger partial charge on any atom is -0.390 e. The lowest BCUT2D eigenvalue weighted by Gasteiger charge is -2.30. The standard InChI is InChI=1S/C18H23N3O6S/c1-4-9-27-21(14-10-15(13(2)3)16(12-22)19-11-14)28(25,26)18-8-6-5-7-17(18)20(23)24/h4-8,10,13-14,22H,1,9,11-12H2,2-3H3. The number of aliphatic hydroxyl groups excluding tert-OH is 1. The highest BCUT2D eigenvalue weighted by Crippen LogP contribution is 2.30. The lowest BCUT2D eigenvalue weighted by atomic mass is 9.94. The van der Waals surface area contributed by atoms with Crippen LogP contribution in [-0.4, -0.2) is 54.4 Å². The second-order valence-electron chi connectivity index (χ2n) is 6.36. The van der Waals surface area contributed by atoms with E-state index in [1.54, 1.807) is 6.08 Å². The quantitative estimate of drug-likeness (QED) is 0.379. The molecule has 1 aliphatic heterocycles. The summed E-state index contributed by atoms with van der Waals surface area (Å²) < 4.78 is 27.2. The number of hydroxylamine groups is 1. The molecule has 0 saturated carbocycles. The predicted octanol–water partition coefficient (Wildman–Crippen LogP) is 2.10. The Balaban J connectivity index is 2.54. The van der Waals surface area contributed by atoms with E-state index in [4.69, 9.17) is 4.84 Å². The zero-order valence-electron chi connectivity index (χ0n) is 15.7. The van der Waals surface area contributed by atoms with Crippen LogP contribution in [0.2, 0.25) is 0 Å². The van der Waals surface area contributed by atoms with E-state index < -0.39 is 31.6 Å². The Kier molecular flexibility index (Phi) is 7.19. The second-order valence-corrected chi connectivity index (χ2v) is 8.11. The highest BCUT2D eigenvalue weighted by atomic mass is 32.2. The van der Waals surface area contributed by atoms with E-state index in [0.29, 0.717) is 11.3 Å². The maximum Gasteiger partial charge on any atom is 0.289 e. The maximum absolute atomic E-state index is 13.2. The summed E-state index contributed by atoms with van der Waals surface area (Å²) >= 11 is 0. The zero-order chi connectivity index (χ0) is 20.9. The fraction of sp³-hybridized carbons (Fsp3) is 0.389. The number of rotatable bonds is 9. The molecule has 0 aromatic heterocycles. The van der Waals surface area contributed by atoms with Crippen molar-refractivity contribution in [1.29, 1.82) is 0 Å². The first-order chi connectivity index (χ1) is 13.2. The number of dihydropyridines is 1. The van der Waals surface area contributed by atoms with Gasteiger partial charge in [-0.1, -0.05) is 42.6 Å². The number of sulfonamides is 1. The van der Waals surface area contributed by atoms with Crippen molar-refractivity contribution in [3.05, 3.63) is 58.7 Å². The van der Waals surface area contributed by atoms with E-state index in [1.807, 2.05) is 13.8 Å². The van der Waals surface area contributed by atoms with Gasteiger partial charge in [0.1, 0.15) is 0 Å². The van der Waals surface area contributed by atoms with Gasteiger partial charge in [-0.3, -0.25) is 19.9 Å². The van der Waals surface area contributed by atoms with E-state index in [9.17, 15) is 23.6 Å². The first-order valence-corrected chi connectivity index (χ1v) is 10.1. The van der Waals surface area contributed by atoms with Crippen molar-refractivity contribution in [1.82, 2.24) is 4.47 Å². The number of para-hydroxylation sites is 1. The number of aliphatic imine (C=N–C) groups is 1. The Morgan fingerprint density at radius 1 is 1.46 bits per heavy atom. The topological polar surface area (TPSA) is 122 Å². The van der Waals surface area contributed by atoms with Crippen molar-refractivity contribution < 1.29 is 23.3 Å².